The number of ketones is 1. The summed E-state index contributed by atoms with van der Waals surface area (Å²) in [7, 11) is 3.78. The fourth-order valence-corrected chi connectivity index (χ4v) is 6.19. The van der Waals surface area contributed by atoms with Gasteiger partial charge < -0.3 is 14.7 Å². The third-order valence-electron chi connectivity index (χ3n) is 7.27. The van der Waals surface area contributed by atoms with Gasteiger partial charge in [0.1, 0.15) is 5.78 Å². The summed E-state index contributed by atoms with van der Waals surface area (Å²) in [6, 6.07) is 4.46. The Bertz CT molecular complexity index is 711. The van der Waals surface area contributed by atoms with Gasteiger partial charge in [0, 0.05) is 28.9 Å². The van der Waals surface area contributed by atoms with Gasteiger partial charge in [-0.05, 0) is 50.4 Å². The minimum atomic E-state index is -0.209. The van der Waals surface area contributed by atoms with E-state index in [1.807, 2.05) is 6.07 Å². The number of phenolic OH excluding ortho intramolecular Hbond substituents is 1. The maximum absolute atomic E-state index is 12.5. The number of hydrogen-bond acceptors (Lipinski definition) is 4. The lowest BCUT2D eigenvalue weighted by Gasteiger charge is -2.73. The highest BCUT2D eigenvalue weighted by atomic mass is 16.5. The van der Waals surface area contributed by atoms with Crippen LogP contribution in [-0.4, -0.2) is 42.5 Å². The highest BCUT2D eigenvalue weighted by Gasteiger charge is 2.80. The predicted molar refractivity (Wildman–Crippen MR) is 81.2 cm³/mol. The van der Waals surface area contributed by atoms with E-state index in [1.54, 1.807) is 7.11 Å². The summed E-state index contributed by atoms with van der Waals surface area (Å²) < 4.78 is 5.33. The molecule has 3 fully saturated rings. The average Bonchev–Trinajstić information content (AvgIpc) is 2.69. The van der Waals surface area contributed by atoms with Crippen LogP contribution in [0.2, 0.25) is 0 Å². The normalized spacial score (nSPS) is 41.6. The van der Waals surface area contributed by atoms with E-state index < -0.39 is 0 Å². The minimum Gasteiger partial charge on any atom is -0.504 e. The summed E-state index contributed by atoms with van der Waals surface area (Å²) >= 11 is 0. The molecular weight excluding hydrogens is 278 g/mol. The van der Waals surface area contributed by atoms with Crippen molar-refractivity contribution in [1.29, 1.82) is 0 Å². The molecule has 0 amide bonds. The molecule has 1 saturated heterocycles. The Labute approximate surface area is 130 Å². The molecule has 3 aliphatic carbocycles. The molecule has 0 radical (unpaired) electrons. The lowest BCUT2D eigenvalue weighted by atomic mass is 9.28. The second kappa shape index (κ2) is 3.67. The van der Waals surface area contributed by atoms with Gasteiger partial charge in [-0.2, -0.15) is 0 Å². The van der Waals surface area contributed by atoms with Gasteiger partial charge in [-0.15, -0.1) is 0 Å². The number of benzene rings is 1. The van der Waals surface area contributed by atoms with Crippen LogP contribution in [0, 0.1) is 11.3 Å². The van der Waals surface area contributed by atoms with E-state index in [4.69, 9.17) is 4.74 Å². The number of nitrogens with zero attached hydrogens (tertiary/aromatic N) is 1. The Hall–Kier alpha value is -1.55. The first-order valence-electron chi connectivity index (χ1n) is 8.18. The number of Topliss-reactive ketones (excluding diaryl/α,β-unsaturated/α-hetero) is 1. The Morgan fingerprint density at radius 3 is 2.95 bits per heavy atom. The van der Waals surface area contributed by atoms with Crippen molar-refractivity contribution in [3.05, 3.63) is 23.3 Å². The fraction of sp³-hybridized carbons (Fsp3) is 0.611. The lowest BCUT2D eigenvalue weighted by molar-refractivity contribution is -0.190. The summed E-state index contributed by atoms with van der Waals surface area (Å²) in [4.78, 5) is 15.0. The van der Waals surface area contributed by atoms with Crippen molar-refractivity contribution in [2.45, 2.75) is 37.1 Å². The van der Waals surface area contributed by atoms with Crippen LogP contribution < -0.4 is 4.74 Å². The Morgan fingerprint density at radius 2 is 2.23 bits per heavy atom. The fourth-order valence-electron chi connectivity index (χ4n) is 6.19. The van der Waals surface area contributed by atoms with Crippen molar-refractivity contribution in [3.8, 4) is 11.5 Å². The first kappa shape index (κ1) is 12.9. The minimum absolute atomic E-state index is 0.119. The highest BCUT2D eigenvalue weighted by molar-refractivity contribution is 5.99. The number of aromatic hydroxyl groups is 1. The molecule has 4 aliphatic rings. The van der Waals surface area contributed by atoms with Crippen molar-refractivity contribution in [1.82, 2.24) is 4.90 Å². The van der Waals surface area contributed by atoms with E-state index in [2.05, 4.69) is 18.0 Å². The molecule has 0 aromatic heterocycles. The number of ether oxygens (including phenoxy) is 1. The van der Waals surface area contributed by atoms with Crippen molar-refractivity contribution < 1.29 is 14.6 Å². The summed E-state index contributed by atoms with van der Waals surface area (Å²) in [5.74, 6) is 1.73. The monoisotopic (exact) mass is 299 g/mol. The van der Waals surface area contributed by atoms with Gasteiger partial charge >= 0.3 is 0 Å². The SMILES string of the molecule is COc1ccc2c(c1O)C13CC(=O)C14CCN(C)C(C2)C3C4. The highest BCUT2D eigenvalue weighted by Crippen LogP contribution is 2.78. The van der Waals surface area contributed by atoms with E-state index >= 15 is 0 Å². The van der Waals surface area contributed by atoms with Crippen LogP contribution >= 0.6 is 0 Å². The summed E-state index contributed by atoms with van der Waals surface area (Å²) in [6.07, 6.45) is 3.53. The maximum atomic E-state index is 12.5. The van der Waals surface area contributed by atoms with Gasteiger partial charge in [0.25, 0.3) is 0 Å². The van der Waals surface area contributed by atoms with Gasteiger partial charge in [0.2, 0.25) is 0 Å². The molecule has 4 bridgehead atoms. The number of likely N-dealkylation sites (N-methyl/N-ethyl adjacent to an activating group) is 1. The second-order valence-electron chi connectivity index (χ2n) is 7.62. The molecule has 5 rings (SSSR count). The van der Waals surface area contributed by atoms with Gasteiger partial charge in [0.15, 0.2) is 11.5 Å². The van der Waals surface area contributed by atoms with Crippen molar-refractivity contribution >= 4 is 5.78 Å². The number of rotatable bonds is 1. The smallest absolute Gasteiger partial charge is 0.161 e. The molecule has 116 valence electrons. The average molecular weight is 299 g/mol. The Kier molecular flexibility index (Phi) is 2.16. The molecule has 2 saturated carbocycles. The van der Waals surface area contributed by atoms with Crippen LogP contribution in [-0.2, 0) is 16.6 Å². The number of methoxy groups -OCH3 is 1. The van der Waals surface area contributed by atoms with Gasteiger partial charge in [-0.3, -0.25) is 4.79 Å². The molecule has 1 aromatic rings. The summed E-state index contributed by atoms with van der Waals surface area (Å²) in [6.45, 7) is 0.987. The van der Waals surface area contributed by atoms with Gasteiger partial charge in [0.05, 0.1) is 7.11 Å². The van der Waals surface area contributed by atoms with E-state index in [-0.39, 0.29) is 16.6 Å². The standard InChI is InChI=1S/C18H21NO3/c1-19-6-5-17-8-11-12(19)7-10-3-4-13(22-2)16(21)15(10)18(11,17)9-14(17)20/h3-4,11-12,21H,5-9H2,1-2H3. The Balaban J connectivity index is 1.79. The first-order chi connectivity index (χ1) is 10.5. The van der Waals surface area contributed by atoms with Crippen LogP contribution in [0.3, 0.4) is 0 Å². The Morgan fingerprint density at radius 1 is 1.41 bits per heavy atom. The molecule has 4 nitrogen and oxygen atoms in total. The zero-order valence-corrected chi connectivity index (χ0v) is 13.1. The summed E-state index contributed by atoms with van der Waals surface area (Å²) in [5.41, 5.74) is 1.92. The molecule has 1 heterocycles. The number of phenols is 1. The zero-order valence-electron chi connectivity index (χ0n) is 13.1. The number of likely N-dealkylation sites (tertiary alicyclic amines) is 1. The number of hydrogen-bond donors (Lipinski definition) is 1. The van der Waals surface area contributed by atoms with E-state index in [0.717, 1.165) is 31.4 Å². The molecular formula is C18H21NO3. The topological polar surface area (TPSA) is 49.8 Å². The van der Waals surface area contributed by atoms with Crippen molar-refractivity contribution in [2.75, 3.05) is 20.7 Å². The quantitative estimate of drug-likeness (QED) is 0.860. The van der Waals surface area contributed by atoms with Crippen LogP contribution in [0.4, 0.5) is 0 Å². The van der Waals surface area contributed by atoms with Crippen LogP contribution in [0.15, 0.2) is 12.1 Å². The van der Waals surface area contributed by atoms with Crippen LogP contribution in [0.5, 0.6) is 11.5 Å². The van der Waals surface area contributed by atoms with E-state index in [9.17, 15) is 9.90 Å². The van der Waals surface area contributed by atoms with Gasteiger partial charge in [-0.25, -0.2) is 0 Å². The zero-order chi connectivity index (χ0) is 15.3. The predicted octanol–water partition coefficient (Wildman–Crippen LogP) is 1.88. The largest absolute Gasteiger partial charge is 0.504 e. The lowest BCUT2D eigenvalue weighted by Crippen LogP contribution is -2.77. The van der Waals surface area contributed by atoms with E-state index in [1.165, 1.54) is 5.56 Å². The molecule has 4 heteroatoms. The molecule has 1 aliphatic heterocycles. The molecule has 1 spiro atoms. The van der Waals surface area contributed by atoms with Crippen LogP contribution in [0.25, 0.3) is 0 Å². The third-order valence-corrected chi connectivity index (χ3v) is 7.27. The van der Waals surface area contributed by atoms with Crippen molar-refractivity contribution in [2.24, 2.45) is 11.3 Å². The van der Waals surface area contributed by atoms with E-state index in [0.29, 0.717) is 29.9 Å². The third kappa shape index (κ3) is 1.07. The van der Waals surface area contributed by atoms with Crippen LogP contribution in [0.1, 0.15) is 30.4 Å². The summed E-state index contributed by atoms with van der Waals surface area (Å²) in [5, 5.41) is 10.8. The number of fused-ring (bicyclic) bond motifs is 1. The molecule has 4 atom stereocenters. The first-order valence-corrected chi connectivity index (χ1v) is 8.18. The molecule has 4 unspecified atom stereocenters. The second-order valence-corrected chi connectivity index (χ2v) is 7.62. The molecule has 1 N–H and O–H groups in total. The number of carbonyl (C=O) groups excluding carboxylic acids is 1. The molecule has 1 aromatic carbocycles. The number of carbonyl (C=O) groups is 1. The molecule has 22 heavy (non-hydrogen) atoms. The van der Waals surface area contributed by atoms with Crippen molar-refractivity contribution in [3.63, 3.8) is 0 Å². The van der Waals surface area contributed by atoms with Gasteiger partial charge in [-0.1, -0.05) is 6.07 Å². The maximum Gasteiger partial charge on any atom is 0.161 e.